The van der Waals surface area contributed by atoms with Crippen LogP contribution in [-0.2, 0) is 0 Å². The zero-order chi connectivity index (χ0) is 11.9. The van der Waals surface area contributed by atoms with Crippen LogP contribution < -0.4 is 5.73 Å². The minimum absolute atomic E-state index is 0.357. The molecule has 1 fully saturated rings. The fraction of sp³-hybridized carbons (Fsp3) is 1.00. The van der Waals surface area contributed by atoms with Gasteiger partial charge in [-0.1, -0.05) is 39.5 Å². The van der Waals surface area contributed by atoms with E-state index in [-0.39, 0.29) is 0 Å². The van der Waals surface area contributed by atoms with E-state index in [1.807, 2.05) is 0 Å². The van der Waals surface area contributed by atoms with Crippen molar-refractivity contribution in [3.05, 3.63) is 0 Å². The summed E-state index contributed by atoms with van der Waals surface area (Å²) >= 11 is 2.22. The van der Waals surface area contributed by atoms with Crippen LogP contribution in [0.5, 0.6) is 0 Å². The normalized spacial score (nSPS) is 18.9. The van der Waals surface area contributed by atoms with Crippen LogP contribution in [0.1, 0.15) is 65.2 Å². The van der Waals surface area contributed by atoms with Gasteiger partial charge in [0.15, 0.2) is 0 Å². The molecular formula is C14H29NS. The lowest BCUT2D eigenvalue weighted by Crippen LogP contribution is -2.23. The molecule has 1 nitrogen and oxygen atoms in total. The average Bonchev–Trinajstić information content (AvgIpc) is 2.30. The lowest BCUT2D eigenvalue weighted by Gasteiger charge is -2.23. The van der Waals surface area contributed by atoms with Gasteiger partial charge in [0, 0.05) is 5.25 Å². The fourth-order valence-corrected chi connectivity index (χ4v) is 3.66. The molecule has 96 valence electrons. The highest BCUT2D eigenvalue weighted by atomic mass is 32.2. The van der Waals surface area contributed by atoms with Crippen LogP contribution in [0.4, 0.5) is 0 Å². The topological polar surface area (TPSA) is 26.0 Å². The Morgan fingerprint density at radius 3 is 2.44 bits per heavy atom. The summed E-state index contributed by atoms with van der Waals surface area (Å²) in [5.41, 5.74) is 6.09. The Balaban J connectivity index is 1.95. The summed E-state index contributed by atoms with van der Waals surface area (Å²) < 4.78 is 0. The minimum Gasteiger partial charge on any atom is -0.330 e. The van der Waals surface area contributed by atoms with E-state index in [1.54, 1.807) is 0 Å². The number of hydrogen-bond acceptors (Lipinski definition) is 2. The van der Waals surface area contributed by atoms with Gasteiger partial charge in [-0.15, -0.1) is 0 Å². The van der Waals surface area contributed by atoms with E-state index in [1.165, 1.54) is 57.1 Å². The van der Waals surface area contributed by atoms with Gasteiger partial charge in [-0.05, 0) is 43.4 Å². The minimum atomic E-state index is 0.357. The molecule has 2 heteroatoms. The van der Waals surface area contributed by atoms with Crippen molar-refractivity contribution in [1.29, 1.82) is 0 Å². The van der Waals surface area contributed by atoms with Gasteiger partial charge in [0.2, 0.25) is 0 Å². The Hall–Kier alpha value is 0.310. The predicted molar refractivity (Wildman–Crippen MR) is 76.0 cm³/mol. The number of thioether (sulfide) groups is 1. The van der Waals surface area contributed by atoms with E-state index < -0.39 is 0 Å². The molecular weight excluding hydrogens is 214 g/mol. The van der Waals surface area contributed by atoms with E-state index in [9.17, 15) is 0 Å². The molecule has 0 aromatic carbocycles. The highest BCUT2D eigenvalue weighted by Gasteiger charge is 2.15. The summed E-state index contributed by atoms with van der Waals surface area (Å²) in [5.74, 6) is 1.37. The highest BCUT2D eigenvalue weighted by Crippen LogP contribution is 2.29. The van der Waals surface area contributed by atoms with Crippen LogP contribution in [0.15, 0.2) is 0 Å². The second kappa shape index (κ2) is 7.60. The third kappa shape index (κ3) is 6.15. The largest absolute Gasteiger partial charge is 0.330 e. The van der Waals surface area contributed by atoms with Crippen molar-refractivity contribution in [3.8, 4) is 0 Å². The molecule has 1 aliphatic carbocycles. The van der Waals surface area contributed by atoms with Crippen LogP contribution in [0.25, 0.3) is 0 Å². The average molecular weight is 243 g/mol. The monoisotopic (exact) mass is 243 g/mol. The molecule has 1 rings (SSSR count). The van der Waals surface area contributed by atoms with Crippen molar-refractivity contribution in [2.75, 3.05) is 12.3 Å². The third-order valence-electron chi connectivity index (χ3n) is 3.71. The molecule has 0 atom stereocenters. The summed E-state index contributed by atoms with van der Waals surface area (Å²) in [4.78, 5) is 0. The molecule has 0 heterocycles. The number of rotatable bonds is 7. The van der Waals surface area contributed by atoms with Crippen LogP contribution in [0.3, 0.4) is 0 Å². The summed E-state index contributed by atoms with van der Waals surface area (Å²) in [5, 5.41) is 0.983. The Kier molecular flexibility index (Phi) is 6.83. The van der Waals surface area contributed by atoms with Crippen molar-refractivity contribution in [2.24, 2.45) is 11.1 Å². The predicted octanol–water partition coefficient (Wildman–Crippen LogP) is 4.21. The van der Waals surface area contributed by atoms with Gasteiger partial charge >= 0.3 is 0 Å². The lowest BCUT2D eigenvalue weighted by atomic mass is 9.88. The first kappa shape index (κ1) is 14.4. The van der Waals surface area contributed by atoms with Crippen LogP contribution in [0, 0.1) is 5.41 Å². The molecule has 0 aromatic heterocycles. The van der Waals surface area contributed by atoms with E-state index in [0.29, 0.717) is 5.41 Å². The molecule has 2 N–H and O–H groups in total. The molecule has 0 aromatic rings. The first-order valence-electron chi connectivity index (χ1n) is 6.96. The summed E-state index contributed by atoms with van der Waals surface area (Å²) in [6.07, 6.45) is 11.4. The Labute approximate surface area is 106 Å². The molecule has 0 unspecified atom stereocenters. The van der Waals surface area contributed by atoms with E-state index in [2.05, 4.69) is 25.6 Å². The van der Waals surface area contributed by atoms with Crippen molar-refractivity contribution < 1.29 is 0 Å². The number of unbranched alkanes of at least 4 members (excludes halogenated alkanes) is 1. The van der Waals surface area contributed by atoms with E-state index >= 15 is 0 Å². The smallest absolute Gasteiger partial charge is 0.00470 e. The molecule has 0 spiro atoms. The van der Waals surface area contributed by atoms with Gasteiger partial charge in [-0.25, -0.2) is 0 Å². The van der Waals surface area contributed by atoms with Gasteiger partial charge in [-0.2, -0.15) is 11.8 Å². The molecule has 0 amide bonds. The van der Waals surface area contributed by atoms with Crippen LogP contribution >= 0.6 is 11.8 Å². The van der Waals surface area contributed by atoms with Gasteiger partial charge < -0.3 is 5.73 Å². The Bertz CT molecular complexity index is 174. The Morgan fingerprint density at radius 2 is 1.81 bits per heavy atom. The molecule has 0 saturated heterocycles. The van der Waals surface area contributed by atoms with E-state index in [0.717, 1.165) is 11.8 Å². The quantitative estimate of drug-likeness (QED) is 0.678. The zero-order valence-electron chi connectivity index (χ0n) is 11.1. The molecule has 1 aliphatic rings. The van der Waals surface area contributed by atoms with Crippen LogP contribution in [0.2, 0.25) is 0 Å². The van der Waals surface area contributed by atoms with Crippen molar-refractivity contribution in [1.82, 2.24) is 0 Å². The number of hydrogen-bond donors (Lipinski definition) is 1. The fourth-order valence-electron chi connectivity index (χ4n) is 2.29. The maximum absolute atomic E-state index is 5.73. The second-order valence-corrected chi connectivity index (χ2v) is 7.36. The molecule has 0 radical (unpaired) electrons. The summed E-state index contributed by atoms with van der Waals surface area (Å²) in [6, 6.07) is 0. The van der Waals surface area contributed by atoms with Crippen molar-refractivity contribution in [3.63, 3.8) is 0 Å². The van der Waals surface area contributed by atoms with Gasteiger partial charge in [0.25, 0.3) is 0 Å². The second-order valence-electron chi connectivity index (χ2n) is 5.96. The van der Waals surface area contributed by atoms with Gasteiger partial charge in [0.05, 0.1) is 0 Å². The maximum atomic E-state index is 5.73. The molecule has 1 saturated carbocycles. The van der Waals surface area contributed by atoms with E-state index in [4.69, 9.17) is 5.73 Å². The summed E-state index contributed by atoms with van der Waals surface area (Å²) in [6.45, 7) is 5.38. The standard InChI is InChI=1S/C14H29NS/c1-14(2,12-15)10-6-7-11-16-13-8-4-3-5-9-13/h13H,3-12,15H2,1-2H3. The SMILES string of the molecule is CC(C)(CN)CCCCSC1CCCCC1. The highest BCUT2D eigenvalue weighted by molar-refractivity contribution is 7.99. The first-order chi connectivity index (χ1) is 7.64. The third-order valence-corrected chi connectivity index (χ3v) is 5.17. The van der Waals surface area contributed by atoms with Gasteiger partial charge in [-0.3, -0.25) is 0 Å². The molecule has 0 bridgehead atoms. The summed E-state index contributed by atoms with van der Waals surface area (Å²) in [7, 11) is 0. The van der Waals surface area contributed by atoms with Crippen LogP contribution in [-0.4, -0.2) is 17.5 Å². The van der Waals surface area contributed by atoms with Gasteiger partial charge in [0.1, 0.15) is 0 Å². The van der Waals surface area contributed by atoms with Crippen molar-refractivity contribution in [2.45, 2.75) is 70.5 Å². The zero-order valence-corrected chi connectivity index (χ0v) is 12.0. The first-order valence-corrected chi connectivity index (χ1v) is 8.00. The maximum Gasteiger partial charge on any atom is 0.00470 e. The Morgan fingerprint density at radius 1 is 1.12 bits per heavy atom. The molecule has 0 aliphatic heterocycles. The number of nitrogens with two attached hydrogens (primary N) is 1. The van der Waals surface area contributed by atoms with Crippen molar-refractivity contribution >= 4 is 11.8 Å². The lowest BCUT2D eigenvalue weighted by molar-refractivity contribution is 0.336. The molecule has 16 heavy (non-hydrogen) atoms.